The van der Waals surface area contributed by atoms with E-state index in [0.29, 0.717) is 60.0 Å². The Hall–Kier alpha value is -2.97. The first kappa shape index (κ1) is 34.4. The number of hydrogen-bond acceptors (Lipinski definition) is 6. The number of aliphatic hydroxyl groups is 1. The molecule has 9 nitrogen and oxygen atoms in total. The summed E-state index contributed by atoms with van der Waals surface area (Å²) in [5, 5.41) is 16.5. The van der Waals surface area contributed by atoms with Crippen molar-refractivity contribution in [3.63, 3.8) is 0 Å². The van der Waals surface area contributed by atoms with E-state index in [1.807, 2.05) is 23.1 Å². The summed E-state index contributed by atoms with van der Waals surface area (Å²) in [6.07, 6.45) is -1.57. The monoisotopic (exact) mass is 681 g/mol. The molecule has 0 spiro atoms. The van der Waals surface area contributed by atoms with Crippen LogP contribution in [0.15, 0.2) is 42.5 Å². The number of aromatic nitrogens is 2. The van der Waals surface area contributed by atoms with E-state index in [0.717, 1.165) is 42.5 Å². The minimum Gasteiger partial charge on any atom is -0.390 e. The van der Waals surface area contributed by atoms with Gasteiger partial charge in [-0.05, 0) is 62.1 Å². The molecule has 1 atom stereocenters. The van der Waals surface area contributed by atoms with Crippen LogP contribution in [-0.2, 0) is 40.5 Å². The van der Waals surface area contributed by atoms with Crippen LogP contribution in [0, 0.1) is 6.92 Å². The van der Waals surface area contributed by atoms with Crippen LogP contribution in [0.3, 0.4) is 0 Å². The molecule has 0 radical (unpaired) electrons. The molecular weight excluding hydrogens is 643 g/mol. The van der Waals surface area contributed by atoms with Crippen molar-refractivity contribution in [2.24, 2.45) is 0 Å². The molecule has 1 amide bonds. The van der Waals surface area contributed by atoms with Gasteiger partial charge in [-0.2, -0.15) is 22.6 Å². The van der Waals surface area contributed by atoms with Gasteiger partial charge in [0.1, 0.15) is 0 Å². The third-order valence-electron chi connectivity index (χ3n) is 8.93. The SMILES string of the molecule is CCN(Cc1c(-c2ccc(C(F)(F)F)cc2)nn(CC(O)CN2CCC(N3C(=O)CCc4cc(Cl)ccc43)CC2)c1C)S(C)(=O)=O. The normalized spacial score (nSPS) is 17.5. The molecule has 0 saturated carbocycles. The van der Waals surface area contributed by atoms with Crippen molar-refractivity contribution in [1.29, 1.82) is 0 Å². The Morgan fingerprint density at radius 1 is 1.09 bits per heavy atom. The first-order valence-electron chi connectivity index (χ1n) is 15.4. The second-order valence-corrected chi connectivity index (χ2v) is 14.5. The van der Waals surface area contributed by atoms with Gasteiger partial charge in [0, 0.05) is 72.7 Å². The van der Waals surface area contributed by atoms with Gasteiger partial charge in [0.05, 0.1) is 30.2 Å². The number of halogens is 4. The lowest BCUT2D eigenvalue weighted by Gasteiger charge is -2.41. The third-order valence-corrected chi connectivity index (χ3v) is 10.5. The van der Waals surface area contributed by atoms with Crippen molar-refractivity contribution in [2.45, 2.75) is 70.9 Å². The summed E-state index contributed by atoms with van der Waals surface area (Å²) in [6.45, 7) is 5.53. The first-order chi connectivity index (χ1) is 21.7. The number of β-amino-alcohol motifs (C(OH)–C–C–N with tert-alkyl or cyclic N) is 1. The number of nitrogens with zero attached hydrogens (tertiary/aromatic N) is 5. The summed E-state index contributed by atoms with van der Waals surface area (Å²) in [6, 6.07) is 10.3. The van der Waals surface area contributed by atoms with Crippen LogP contribution in [0.25, 0.3) is 11.3 Å². The van der Waals surface area contributed by atoms with E-state index >= 15 is 0 Å². The minimum absolute atomic E-state index is 0.00825. The van der Waals surface area contributed by atoms with Crippen LogP contribution < -0.4 is 4.90 Å². The number of fused-ring (bicyclic) bond motifs is 1. The number of likely N-dealkylation sites (tertiary alicyclic amines) is 1. The molecule has 1 unspecified atom stereocenters. The van der Waals surface area contributed by atoms with Crippen LogP contribution in [-0.4, -0.2) is 83.0 Å². The van der Waals surface area contributed by atoms with E-state index < -0.39 is 27.9 Å². The molecule has 250 valence electrons. The zero-order chi connectivity index (χ0) is 33.4. The molecular formula is C32H39ClF3N5O4S. The van der Waals surface area contributed by atoms with Crippen molar-refractivity contribution >= 4 is 33.2 Å². The van der Waals surface area contributed by atoms with Crippen LogP contribution in [0.2, 0.25) is 5.02 Å². The van der Waals surface area contributed by atoms with Crippen LogP contribution in [0.5, 0.6) is 0 Å². The Labute approximate surface area is 272 Å². The first-order valence-corrected chi connectivity index (χ1v) is 17.6. The lowest BCUT2D eigenvalue weighted by Crippen LogP contribution is -2.50. The molecule has 5 rings (SSSR count). The number of anilines is 1. The highest BCUT2D eigenvalue weighted by Crippen LogP contribution is 2.35. The largest absolute Gasteiger partial charge is 0.416 e. The number of alkyl halides is 3. The molecule has 0 aliphatic carbocycles. The van der Waals surface area contributed by atoms with Gasteiger partial charge in [-0.3, -0.25) is 9.48 Å². The van der Waals surface area contributed by atoms with Crippen molar-refractivity contribution in [2.75, 3.05) is 37.3 Å². The number of amides is 1. The predicted molar refractivity (Wildman–Crippen MR) is 171 cm³/mol. The summed E-state index contributed by atoms with van der Waals surface area (Å²) in [4.78, 5) is 17.0. The summed E-state index contributed by atoms with van der Waals surface area (Å²) < 4.78 is 67.3. The van der Waals surface area contributed by atoms with E-state index in [9.17, 15) is 31.5 Å². The maximum absolute atomic E-state index is 13.2. The van der Waals surface area contributed by atoms with Crippen molar-refractivity contribution < 1.29 is 31.5 Å². The number of benzene rings is 2. The van der Waals surface area contributed by atoms with Crippen molar-refractivity contribution in [1.82, 2.24) is 19.0 Å². The Bertz CT molecular complexity index is 1670. The summed E-state index contributed by atoms with van der Waals surface area (Å²) in [5.74, 6) is 0.111. The second-order valence-electron chi connectivity index (χ2n) is 12.1. The quantitative estimate of drug-likeness (QED) is 0.319. The fourth-order valence-electron chi connectivity index (χ4n) is 6.44. The number of aryl methyl sites for hydroxylation is 1. The van der Waals surface area contributed by atoms with Crippen molar-refractivity contribution in [3.8, 4) is 11.3 Å². The fourth-order valence-corrected chi connectivity index (χ4v) is 7.47. The summed E-state index contributed by atoms with van der Waals surface area (Å²) >= 11 is 6.19. The number of rotatable bonds is 10. The average molecular weight is 682 g/mol. The number of aliphatic hydroxyl groups excluding tert-OH is 1. The van der Waals surface area contributed by atoms with Gasteiger partial charge < -0.3 is 14.9 Å². The standard InChI is InChI=1S/C32H39ClF3N5O4S/c1-4-39(46(3,44)45)20-28-21(2)40(37-31(28)22-5-8-24(9-6-22)32(34,35)36)19-27(42)18-38-15-13-26(14-16-38)41-29-11-10-25(33)17-23(29)7-12-30(41)43/h5-6,8-11,17,26-27,42H,4,7,12-16,18-20H2,1-3H3. The second kappa shape index (κ2) is 13.6. The van der Waals surface area contributed by atoms with Gasteiger partial charge in [0.25, 0.3) is 0 Å². The molecule has 46 heavy (non-hydrogen) atoms. The molecule has 1 saturated heterocycles. The smallest absolute Gasteiger partial charge is 0.390 e. The van der Waals surface area contributed by atoms with E-state index in [-0.39, 0.29) is 31.6 Å². The Balaban J connectivity index is 1.29. The molecule has 0 bridgehead atoms. The van der Waals surface area contributed by atoms with Gasteiger partial charge in [-0.1, -0.05) is 30.7 Å². The molecule has 1 aromatic heterocycles. The lowest BCUT2D eigenvalue weighted by atomic mass is 9.95. The molecule has 1 N–H and O–H groups in total. The fraction of sp³-hybridized carbons (Fsp3) is 0.500. The molecule has 14 heteroatoms. The zero-order valence-corrected chi connectivity index (χ0v) is 27.7. The number of carbonyl (C=O) groups excluding carboxylic acids is 1. The average Bonchev–Trinajstić information content (AvgIpc) is 3.29. The van der Waals surface area contributed by atoms with Crippen LogP contribution in [0.4, 0.5) is 18.9 Å². The molecule has 2 aromatic carbocycles. The third kappa shape index (κ3) is 7.60. The van der Waals surface area contributed by atoms with Gasteiger partial charge in [0.15, 0.2) is 0 Å². The Morgan fingerprint density at radius 2 is 1.76 bits per heavy atom. The highest BCUT2D eigenvalue weighted by Gasteiger charge is 2.34. The van der Waals surface area contributed by atoms with Gasteiger partial charge >= 0.3 is 6.18 Å². The number of sulfonamides is 1. The number of hydrogen-bond donors (Lipinski definition) is 1. The summed E-state index contributed by atoms with van der Waals surface area (Å²) in [5.41, 5.74) is 3.18. The van der Waals surface area contributed by atoms with Crippen LogP contribution in [0.1, 0.15) is 48.6 Å². The highest BCUT2D eigenvalue weighted by molar-refractivity contribution is 7.88. The predicted octanol–water partition coefficient (Wildman–Crippen LogP) is 5.12. The summed E-state index contributed by atoms with van der Waals surface area (Å²) in [7, 11) is -3.56. The van der Waals surface area contributed by atoms with Crippen LogP contribution >= 0.6 is 11.6 Å². The molecule has 1 fully saturated rings. The zero-order valence-electron chi connectivity index (χ0n) is 26.1. The van der Waals surface area contributed by atoms with E-state index in [1.165, 1.54) is 16.4 Å². The van der Waals surface area contributed by atoms with Crippen molar-refractivity contribution in [3.05, 3.63) is 69.9 Å². The maximum Gasteiger partial charge on any atom is 0.416 e. The lowest BCUT2D eigenvalue weighted by molar-refractivity contribution is -0.137. The molecule has 2 aliphatic heterocycles. The maximum atomic E-state index is 13.2. The molecule has 3 aromatic rings. The Kier molecular flexibility index (Phi) is 10.2. The topological polar surface area (TPSA) is 99.0 Å². The van der Waals surface area contributed by atoms with E-state index in [2.05, 4.69) is 10.00 Å². The van der Waals surface area contributed by atoms with Gasteiger partial charge in [-0.15, -0.1) is 0 Å². The van der Waals surface area contributed by atoms with E-state index in [1.54, 1.807) is 18.5 Å². The number of carbonyl (C=O) groups is 1. The van der Waals surface area contributed by atoms with Gasteiger partial charge in [-0.25, -0.2) is 8.42 Å². The highest BCUT2D eigenvalue weighted by atomic mass is 35.5. The molecule has 2 aliphatic rings. The minimum atomic E-state index is -4.49. The van der Waals surface area contributed by atoms with E-state index in [4.69, 9.17) is 11.6 Å². The van der Waals surface area contributed by atoms with Gasteiger partial charge in [0.2, 0.25) is 15.9 Å². The Morgan fingerprint density at radius 3 is 2.37 bits per heavy atom. The molecule has 3 heterocycles. The number of piperidine rings is 1.